The maximum atomic E-state index is 13.3. The highest BCUT2D eigenvalue weighted by Crippen LogP contribution is 2.22. The molecule has 0 bridgehead atoms. The third-order valence-electron chi connectivity index (χ3n) is 4.66. The molecule has 1 heterocycles. The Morgan fingerprint density at radius 2 is 1.81 bits per heavy atom. The first-order chi connectivity index (χ1) is 15.0. The molecule has 0 saturated carbocycles. The zero-order valence-corrected chi connectivity index (χ0v) is 18.0. The lowest BCUT2D eigenvalue weighted by Crippen LogP contribution is -2.35. The van der Waals surface area contributed by atoms with Crippen LogP contribution < -0.4 is 10.6 Å². The Hall–Kier alpha value is -3.20. The van der Waals surface area contributed by atoms with E-state index in [1.807, 2.05) is 41.8 Å². The Morgan fingerprint density at radius 1 is 1.10 bits per heavy atom. The van der Waals surface area contributed by atoms with E-state index in [1.54, 1.807) is 0 Å². The summed E-state index contributed by atoms with van der Waals surface area (Å²) in [5.74, 6) is -0.216. The third-order valence-corrected chi connectivity index (χ3v) is 5.61. The molecule has 2 N–H and O–H groups in total. The van der Waals surface area contributed by atoms with E-state index < -0.39 is 11.7 Å². The molecule has 1 aromatic heterocycles. The average Bonchev–Trinajstić information content (AvgIpc) is 3.15. The van der Waals surface area contributed by atoms with Crippen LogP contribution in [0.4, 0.5) is 10.1 Å². The van der Waals surface area contributed by atoms with Crippen LogP contribution in [0.5, 0.6) is 0 Å². The highest BCUT2D eigenvalue weighted by atomic mass is 32.2. The minimum absolute atomic E-state index is 0.0140. The maximum Gasteiger partial charge on any atom is 0.237 e. The van der Waals surface area contributed by atoms with Crippen molar-refractivity contribution in [2.45, 2.75) is 31.5 Å². The molecule has 7 nitrogen and oxygen atoms in total. The summed E-state index contributed by atoms with van der Waals surface area (Å²) in [5, 5.41) is 9.20. The number of rotatable bonds is 10. The van der Waals surface area contributed by atoms with Crippen LogP contribution >= 0.6 is 11.8 Å². The van der Waals surface area contributed by atoms with Gasteiger partial charge in [-0.05, 0) is 36.8 Å². The van der Waals surface area contributed by atoms with Gasteiger partial charge in [0, 0.05) is 31.6 Å². The zero-order chi connectivity index (χ0) is 22.2. The molecule has 3 rings (SSSR count). The molecule has 0 fully saturated rings. The Labute approximate surface area is 184 Å². The number of benzene rings is 2. The third kappa shape index (κ3) is 6.14. The van der Waals surface area contributed by atoms with Gasteiger partial charge in [0.15, 0.2) is 5.16 Å². The molecule has 0 atom stereocenters. The lowest BCUT2D eigenvalue weighted by Gasteiger charge is -2.22. The van der Waals surface area contributed by atoms with E-state index in [1.165, 1.54) is 40.9 Å². The van der Waals surface area contributed by atoms with Gasteiger partial charge in [0.05, 0.1) is 5.75 Å². The van der Waals surface area contributed by atoms with Crippen molar-refractivity contribution >= 4 is 29.3 Å². The number of hydrogen-bond donors (Lipinski definition) is 1. The molecular weight excluding hydrogens is 417 g/mol. The predicted octanol–water partition coefficient (Wildman–Crippen LogP) is 3.03. The fourth-order valence-corrected chi connectivity index (χ4v) is 3.99. The van der Waals surface area contributed by atoms with Crippen molar-refractivity contribution in [3.63, 3.8) is 0 Å². The molecule has 162 valence electrons. The van der Waals surface area contributed by atoms with E-state index in [0.717, 1.165) is 11.4 Å². The van der Waals surface area contributed by atoms with E-state index in [2.05, 4.69) is 10.2 Å². The Morgan fingerprint density at radius 3 is 2.45 bits per heavy atom. The molecule has 0 aliphatic heterocycles. The minimum Gasteiger partial charge on any atom is -0.370 e. The second-order valence-electron chi connectivity index (χ2n) is 6.83. The number of hydrogen-bond acceptors (Lipinski definition) is 5. The number of carbonyl (C=O) groups is 2. The van der Waals surface area contributed by atoms with Crippen molar-refractivity contribution < 1.29 is 14.0 Å². The van der Waals surface area contributed by atoms with Gasteiger partial charge < -0.3 is 15.2 Å². The summed E-state index contributed by atoms with van der Waals surface area (Å²) in [5.41, 5.74) is 6.89. The number of amides is 2. The van der Waals surface area contributed by atoms with E-state index in [0.29, 0.717) is 23.8 Å². The van der Waals surface area contributed by atoms with E-state index in [4.69, 9.17) is 5.73 Å². The number of thioether (sulfide) groups is 1. The summed E-state index contributed by atoms with van der Waals surface area (Å²) in [6, 6.07) is 15.5. The van der Waals surface area contributed by atoms with Gasteiger partial charge in [-0.1, -0.05) is 42.1 Å². The number of nitrogens with zero attached hydrogens (tertiary/aromatic N) is 4. The van der Waals surface area contributed by atoms with Gasteiger partial charge >= 0.3 is 0 Å². The van der Waals surface area contributed by atoms with Crippen LogP contribution in [0.3, 0.4) is 0 Å². The van der Waals surface area contributed by atoms with Crippen LogP contribution in [-0.2, 0) is 22.6 Å². The zero-order valence-electron chi connectivity index (χ0n) is 17.2. The molecule has 0 saturated heterocycles. The largest absolute Gasteiger partial charge is 0.370 e. The Bertz CT molecular complexity index is 1020. The van der Waals surface area contributed by atoms with Gasteiger partial charge in [0.1, 0.15) is 11.6 Å². The molecule has 2 aromatic carbocycles. The van der Waals surface area contributed by atoms with Gasteiger partial charge in [0.2, 0.25) is 11.8 Å². The van der Waals surface area contributed by atoms with Crippen molar-refractivity contribution in [1.82, 2.24) is 14.8 Å². The van der Waals surface area contributed by atoms with Crippen LogP contribution in [0.25, 0.3) is 0 Å². The van der Waals surface area contributed by atoms with Gasteiger partial charge in [-0.3, -0.25) is 9.59 Å². The van der Waals surface area contributed by atoms with Gasteiger partial charge in [-0.15, -0.1) is 10.2 Å². The molecule has 0 aliphatic rings. The van der Waals surface area contributed by atoms with E-state index >= 15 is 0 Å². The smallest absolute Gasteiger partial charge is 0.237 e. The molecular formula is C22H24FN5O2S. The summed E-state index contributed by atoms with van der Waals surface area (Å²) >= 11 is 1.28. The van der Waals surface area contributed by atoms with Crippen LogP contribution in [0.15, 0.2) is 59.8 Å². The summed E-state index contributed by atoms with van der Waals surface area (Å²) in [4.78, 5) is 25.6. The number of primary amides is 1. The van der Waals surface area contributed by atoms with Crippen molar-refractivity contribution in [3.05, 3.63) is 71.8 Å². The number of aromatic nitrogens is 3. The first-order valence-electron chi connectivity index (χ1n) is 9.91. The molecule has 2 amide bonds. The number of anilines is 1. The van der Waals surface area contributed by atoms with E-state index in [-0.39, 0.29) is 24.6 Å². The number of nitrogens with two attached hydrogens (primary N) is 1. The maximum absolute atomic E-state index is 13.3. The molecule has 0 spiro atoms. The van der Waals surface area contributed by atoms with Crippen LogP contribution in [0.2, 0.25) is 0 Å². The fourth-order valence-electron chi connectivity index (χ4n) is 3.10. The minimum atomic E-state index is -0.510. The summed E-state index contributed by atoms with van der Waals surface area (Å²) in [7, 11) is 0. The first-order valence-corrected chi connectivity index (χ1v) is 10.9. The topological polar surface area (TPSA) is 94.1 Å². The molecule has 9 heteroatoms. The summed E-state index contributed by atoms with van der Waals surface area (Å²) < 4.78 is 15.3. The average molecular weight is 442 g/mol. The van der Waals surface area contributed by atoms with Crippen molar-refractivity contribution in [3.8, 4) is 0 Å². The summed E-state index contributed by atoms with van der Waals surface area (Å²) in [6.45, 7) is 2.80. The molecule has 0 radical (unpaired) electrons. The molecule has 0 aliphatic carbocycles. The highest BCUT2D eigenvalue weighted by Gasteiger charge is 2.19. The lowest BCUT2D eigenvalue weighted by molar-refractivity contribution is -0.118. The van der Waals surface area contributed by atoms with Crippen molar-refractivity contribution in [2.75, 3.05) is 17.2 Å². The first kappa shape index (κ1) is 22.5. The second-order valence-corrected chi connectivity index (χ2v) is 7.77. The number of halogens is 1. The highest BCUT2D eigenvalue weighted by molar-refractivity contribution is 7.99. The van der Waals surface area contributed by atoms with Gasteiger partial charge in [-0.2, -0.15) is 0 Å². The van der Waals surface area contributed by atoms with Crippen LogP contribution in [-0.4, -0.2) is 38.9 Å². The van der Waals surface area contributed by atoms with E-state index in [9.17, 15) is 14.0 Å². The van der Waals surface area contributed by atoms with Crippen molar-refractivity contribution in [1.29, 1.82) is 0 Å². The molecule has 3 aromatic rings. The molecule has 31 heavy (non-hydrogen) atoms. The monoisotopic (exact) mass is 441 g/mol. The quantitative estimate of drug-likeness (QED) is 0.488. The normalized spacial score (nSPS) is 10.8. The second kappa shape index (κ2) is 10.7. The van der Waals surface area contributed by atoms with Crippen molar-refractivity contribution in [2.24, 2.45) is 5.73 Å². The van der Waals surface area contributed by atoms with Crippen LogP contribution in [0.1, 0.15) is 24.7 Å². The van der Waals surface area contributed by atoms with Gasteiger partial charge in [-0.25, -0.2) is 4.39 Å². The lowest BCUT2D eigenvalue weighted by atomic mass is 10.1. The van der Waals surface area contributed by atoms with Gasteiger partial charge in [0.25, 0.3) is 0 Å². The molecule has 0 unspecified atom stereocenters. The Balaban J connectivity index is 1.71. The predicted molar refractivity (Wildman–Crippen MR) is 118 cm³/mol. The Kier molecular flexibility index (Phi) is 7.77. The fraction of sp³-hybridized carbons (Fsp3) is 0.273. The number of carbonyl (C=O) groups excluding carboxylic acids is 2. The summed E-state index contributed by atoms with van der Waals surface area (Å²) in [6.07, 6.45) is 0.663. The standard InChI is InChI=1S/C22H24FN5O2S/c1-2-27-20(14-16-6-4-3-5-7-16)25-26-22(27)31-15-21(30)28(13-12-19(24)29)18-10-8-17(23)9-11-18/h3-11H,2,12-15H2,1H3,(H2,24,29). The van der Waals surface area contributed by atoms with Crippen LogP contribution in [0, 0.1) is 5.82 Å². The SMILES string of the molecule is CCn1c(Cc2ccccc2)nnc1SCC(=O)N(CCC(N)=O)c1ccc(F)cc1.